The summed E-state index contributed by atoms with van der Waals surface area (Å²) < 4.78 is 0. The molecule has 0 radical (unpaired) electrons. The van der Waals surface area contributed by atoms with Gasteiger partial charge in [-0.25, -0.2) is 0 Å². The second kappa shape index (κ2) is 7.68. The lowest BCUT2D eigenvalue weighted by molar-refractivity contribution is -0.147. The molecule has 0 aromatic heterocycles. The van der Waals surface area contributed by atoms with Gasteiger partial charge in [0.2, 0.25) is 11.8 Å². The molecule has 0 saturated carbocycles. The van der Waals surface area contributed by atoms with Crippen LogP contribution in [0.25, 0.3) is 0 Å². The summed E-state index contributed by atoms with van der Waals surface area (Å²) in [5.74, 6) is -0.720. The normalized spacial score (nSPS) is 14.3. The summed E-state index contributed by atoms with van der Waals surface area (Å²) >= 11 is 4.00. The molecule has 0 aliphatic heterocycles. The van der Waals surface area contributed by atoms with E-state index in [1.54, 1.807) is 6.92 Å². The van der Waals surface area contributed by atoms with Crippen molar-refractivity contribution in [1.82, 2.24) is 4.90 Å². The van der Waals surface area contributed by atoms with E-state index in [9.17, 15) is 14.7 Å². The van der Waals surface area contributed by atoms with Crippen LogP contribution >= 0.6 is 12.6 Å². The first-order chi connectivity index (χ1) is 7.45. The average molecular weight is 247 g/mol. The molecular formula is C11H21NO3S. The Morgan fingerprint density at radius 2 is 2.00 bits per heavy atom. The molecule has 0 heterocycles. The van der Waals surface area contributed by atoms with Crippen molar-refractivity contribution in [3.8, 4) is 0 Å². The number of hydrogen-bond donors (Lipinski definition) is 2. The summed E-state index contributed by atoms with van der Waals surface area (Å²) in [6.07, 6.45) is 0.699. The molecular weight excluding hydrogens is 226 g/mol. The molecule has 2 amide bonds. The molecule has 0 aromatic rings. The van der Waals surface area contributed by atoms with E-state index in [0.29, 0.717) is 18.7 Å². The molecule has 0 spiro atoms. The highest BCUT2D eigenvalue weighted by Gasteiger charge is 2.27. The van der Waals surface area contributed by atoms with Gasteiger partial charge >= 0.3 is 0 Å². The summed E-state index contributed by atoms with van der Waals surface area (Å²) in [5.41, 5.74) is 0. The van der Waals surface area contributed by atoms with Crippen LogP contribution in [-0.4, -0.2) is 40.2 Å². The lowest BCUT2D eigenvalue weighted by Gasteiger charge is -2.24. The molecule has 5 heteroatoms. The summed E-state index contributed by atoms with van der Waals surface area (Å²) in [6.45, 7) is 5.23. The van der Waals surface area contributed by atoms with Gasteiger partial charge < -0.3 is 5.11 Å². The topological polar surface area (TPSA) is 57.6 Å². The quantitative estimate of drug-likeness (QED) is 0.691. The van der Waals surface area contributed by atoms with Gasteiger partial charge in [-0.3, -0.25) is 14.5 Å². The van der Waals surface area contributed by atoms with E-state index in [1.807, 2.05) is 6.92 Å². The average Bonchev–Trinajstić information content (AvgIpc) is 2.23. The van der Waals surface area contributed by atoms with Gasteiger partial charge in [-0.05, 0) is 6.42 Å². The molecule has 0 saturated heterocycles. The minimum Gasteiger partial charge on any atom is -0.392 e. The predicted molar refractivity (Wildman–Crippen MR) is 66.3 cm³/mol. The fraction of sp³-hybridized carbons (Fsp3) is 0.818. The third-order valence-electron chi connectivity index (χ3n) is 2.52. The largest absolute Gasteiger partial charge is 0.392 e. The van der Waals surface area contributed by atoms with E-state index >= 15 is 0 Å². The van der Waals surface area contributed by atoms with Crippen LogP contribution in [0.2, 0.25) is 0 Å². The third kappa shape index (κ3) is 4.53. The zero-order chi connectivity index (χ0) is 12.7. The van der Waals surface area contributed by atoms with Gasteiger partial charge in [-0.15, -0.1) is 0 Å². The summed E-state index contributed by atoms with van der Waals surface area (Å²) in [6, 6.07) is 0. The van der Waals surface area contributed by atoms with Gasteiger partial charge in [0, 0.05) is 19.2 Å². The second-order valence-electron chi connectivity index (χ2n) is 3.88. The molecule has 4 nitrogen and oxygen atoms in total. The van der Waals surface area contributed by atoms with Crippen LogP contribution in [0.15, 0.2) is 0 Å². The van der Waals surface area contributed by atoms with E-state index in [4.69, 9.17) is 0 Å². The fourth-order valence-electron chi connectivity index (χ4n) is 1.48. The highest BCUT2D eigenvalue weighted by Crippen LogP contribution is 2.13. The molecule has 94 valence electrons. The molecule has 2 atom stereocenters. The number of imide groups is 1. The Kier molecular flexibility index (Phi) is 7.42. The zero-order valence-corrected chi connectivity index (χ0v) is 11.0. The van der Waals surface area contributed by atoms with Crippen molar-refractivity contribution in [3.05, 3.63) is 0 Å². The molecule has 1 N–H and O–H groups in total. The molecule has 2 unspecified atom stereocenters. The van der Waals surface area contributed by atoms with Crippen LogP contribution in [0.5, 0.6) is 0 Å². The Morgan fingerprint density at radius 3 is 2.38 bits per heavy atom. The second-order valence-corrected chi connectivity index (χ2v) is 4.32. The Labute approximate surface area is 102 Å². The van der Waals surface area contributed by atoms with Crippen molar-refractivity contribution in [3.63, 3.8) is 0 Å². The van der Waals surface area contributed by atoms with Crippen molar-refractivity contribution in [1.29, 1.82) is 0 Å². The smallest absolute Gasteiger partial charge is 0.234 e. The number of aliphatic hydroxyl groups excluding tert-OH is 1. The maximum atomic E-state index is 11.9. The maximum absolute atomic E-state index is 11.9. The van der Waals surface area contributed by atoms with Crippen LogP contribution < -0.4 is 0 Å². The summed E-state index contributed by atoms with van der Waals surface area (Å²) in [4.78, 5) is 24.3. The highest BCUT2D eigenvalue weighted by molar-refractivity contribution is 7.80. The zero-order valence-electron chi connectivity index (χ0n) is 10.1. The number of aliphatic hydroxyl groups is 1. The van der Waals surface area contributed by atoms with Crippen molar-refractivity contribution in [2.24, 2.45) is 5.92 Å². The number of carbonyl (C=O) groups excluding carboxylic acids is 2. The van der Waals surface area contributed by atoms with Gasteiger partial charge in [0.25, 0.3) is 0 Å². The number of hydrogen-bond acceptors (Lipinski definition) is 4. The number of thiol groups is 1. The van der Waals surface area contributed by atoms with E-state index in [2.05, 4.69) is 12.6 Å². The first-order valence-electron chi connectivity index (χ1n) is 5.56. The maximum Gasteiger partial charge on any atom is 0.234 e. The highest BCUT2D eigenvalue weighted by atomic mass is 32.1. The first-order valence-corrected chi connectivity index (χ1v) is 6.19. The van der Waals surface area contributed by atoms with Crippen molar-refractivity contribution in [2.45, 2.75) is 39.7 Å². The Balaban J connectivity index is 4.53. The van der Waals surface area contributed by atoms with E-state index in [0.717, 1.165) is 11.3 Å². The van der Waals surface area contributed by atoms with Crippen LogP contribution in [-0.2, 0) is 9.59 Å². The van der Waals surface area contributed by atoms with Crippen LogP contribution in [0.1, 0.15) is 33.6 Å². The Morgan fingerprint density at radius 1 is 1.44 bits per heavy atom. The Hall–Kier alpha value is -0.550. The number of amides is 2. The van der Waals surface area contributed by atoms with E-state index in [-0.39, 0.29) is 11.8 Å². The van der Waals surface area contributed by atoms with Gasteiger partial charge in [-0.1, -0.05) is 20.3 Å². The molecule has 0 aliphatic carbocycles. The molecule has 0 aromatic carbocycles. The Bertz CT molecular complexity index is 245. The predicted octanol–water partition coefficient (Wildman–Crippen LogP) is 1.09. The number of nitrogens with zero attached hydrogens (tertiary/aromatic N) is 1. The number of carbonyl (C=O) groups is 2. The van der Waals surface area contributed by atoms with Gasteiger partial charge in [0.1, 0.15) is 0 Å². The lowest BCUT2D eigenvalue weighted by atomic mass is 9.99. The SMILES string of the molecule is CCCC(O)C(C)C(=O)N(CCS)C(C)=O. The summed E-state index contributed by atoms with van der Waals surface area (Å²) in [5, 5.41) is 9.71. The summed E-state index contributed by atoms with van der Waals surface area (Å²) in [7, 11) is 0. The molecule has 16 heavy (non-hydrogen) atoms. The van der Waals surface area contributed by atoms with E-state index < -0.39 is 12.0 Å². The minimum atomic E-state index is -0.681. The molecule has 0 bridgehead atoms. The van der Waals surface area contributed by atoms with Gasteiger partial charge in [0.15, 0.2) is 0 Å². The molecule has 0 fully saturated rings. The molecule has 0 aliphatic rings. The van der Waals surface area contributed by atoms with Crippen molar-refractivity contribution < 1.29 is 14.7 Å². The van der Waals surface area contributed by atoms with Crippen molar-refractivity contribution >= 4 is 24.4 Å². The van der Waals surface area contributed by atoms with E-state index in [1.165, 1.54) is 6.92 Å². The fourth-order valence-corrected chi connectivity index (χ4v) is 1.68. The van der Waals surface area contributed by atoms with Crippen molar-refractivity contribution in [2.75, 3.05) is 12.3 Å². The van der Waals surface area contributed by atoms with Crippen LogP contribution in [0.3, 0.4) is 0 Å². The molecule has 0 rings (SSSR count). The van der Waals surface area contributed by atoms with Gasteiger partial charge in [-0.2, -0.15) is 12.6 Å². The lowest BCUT2D eigenvalue weighted by Crippen LogP contribution is -2.43. The third-order valence-corrected chi connectivity index (χ3v) is 2.72. The van der Waals surface area contributed by atoms with Crippen LogP contribution in [0.4, 0.5) is 0 Å². The minimum absolute atomic E-state index is 0.292. The number of rotatable bonds is 6. The van der Waals surface area contributed by atoms with Gasteiger partial charge in [0.05, 0.1) is 12.0 Å². The standard InChI is InChI=1S/C11H21NO3S/c1-4-5-10(14)8(2)11(15)12(6-7-16)9(3)13/h8,10,14,16H,4-7H2,1-3H3. The van der Waals surface area contributed by atoms with Crippen LogP contribution in [0, 0.1) is 5.92 Å². The first kappa shape index (κ1) is 15.4. The monoisotopic (exact) mass is 247 g/mol.